The van der Waals surface area contributed by atoms with Crippen LogP contribution in [0.15, 0.2) is 47.3 Å². The van der Waals surface area contributed by atoms with Crippen LogP contribution < -0.4 is 25.1 Å². The highest BCUT2D eigenvalue weighted by molar-refractivity contribution is 5.91. The van der Waals surface area contributed by atoms with Crippen molar-refractivity contribution >= 4 is 11.6 Å². The molecule has 3 heterocycles. The molecule has 1 N–H and O–H groups in total. The van der Waals surface area contributed by atoms with Gasteiger partial charge in [0.1, 0.15) is 12.3 Å². The van der Waals surface area contributed by atoms with Crippen molar-refractivity contribution in [2.45, 2.75) is 0 Å². The molecule has 33 heavy (non-hydrogen) atoms. The Morgan fingerprint density at radius 3 is 2.58 bits per heavy atom. The Bertz CT molecular complexity index is 1360. The minimum absolute atomic E-state index is 0.140. The van der Waals surface area contributed by atoms with Crippen molar-refractivity contribution in [1.29, 1.82) is 0 Å². The highest BCUT2D eigenvalue weighted by Gasteiger charge is 2.14. The summed E-state index contributed by atoms with van der Waals surface area (Å²) in [5, 5.41) is 19.4. The van der Waals surface area contributed by atoms with Gasteiger partial charge in [-0.2, -0.15) is 9.61 Å². The molecule has 12 heteroatoms. The van der Waals surface area contributed by atoms with Crippen LogP contribution in [0.25, 0.3) is 17.0 Å². The molecular formula is C21H21N7O5. The molecule has 1 aromatic carbocycles. The predicted molar refractivity (Wildman–Crippen MR) is 117 cm³/mol. The van der Waals surface area contributed by atoms with Crippen molar-refractivity contribution in [3.8, 4) is 28.8 Å². The lowest BCUT2D eigenvalue weighted by Gasteiger charge is -2.09. The van der Waals surface area contributed by atoms with Gasteiger partial charge in [0.15, 0.2) is 23.0 Å². The Hall–Kier alpha value is -4.48. The average molecular weight is 451 g/mol. The van der Waals surface area contributed by atoms with Gasteiger partial charge in [-0.3, -0.25) is 9.59 Å². The molecule has 0 bridgehead atoms. The van der Waals surface area contributed by atoms with Gasteiger partial charge in [0.25, 0.3) is 11.5 Å². The Labute approximate surface area is 187 Å². The first-order valence-electron chi connectivity index (χ1n) is 9.90. The summed E-state index contributed by atoms with van der Waals surface area (Å²) in [7, 11) is 4.60. The van der Waals surface area contributed by atoms with E-state index in [-0.39, 0.29) is 24.4 Å². The molecule has 0 aliphatic rings. The smallest absolute Gasteiger partial charge is 0.271 e. The van der Waals surface area contributed by atoms with E-state index in [4.69, 9.17) is 14.2 Å². The first-order valence-corrected chi connectivity index (χ1v) is 9.90. The van der Waals surface area contributed by atoms with Gasteiger partial charge in [-0.1, -0.05) is 0 Å². The lowest BCUT2D eigenvalue weighted by atomic mass is 10.2. The number of hydrogen-bond donors (Lipinski definition) is 1. The van der Waals surface area contributed by atoms with Crippen LogP contribution in [0.3, 0.4) is 0 Å². The number of benzene rings is 1. The van der Waals surface area contributed by atoms with Crippen molar-refractivity contribution in [3.63, 3.8) is 0 Å². The maximum atomic E-state index is 12.2. The number of methoxy groups -OCH3 is 2. The Morgan fingerprint density at radius 1 is 1.00 bits per heavy atom. The van der Waals surface area contributed by atoms with E-state index >= 15 is 0 Å². The highest BCUT2D eigenvalue weighted by Crippen LogP contribution is 2.31. The van der Waals surface area contributed by atoms with Crippen molar-refractivity contribution in [2.24, 2.45) is 7.05 Å². The number of carbonyl (C=O) groups is 1. The van der Waals surface area contributed by atoms with Crippen LogP contribution >= 0.6 is 0 Å². The topological polar surface area (TPSA) is 135 Å². The first-order chi connectivity index (χ1) is 16.0. The molecule has 0 fully saturated rings. The van der Waals surface area contributed by atoms with E-state index in [9.17, 15) is 9.59 Å². The van der Waals surface area contributed by atoms with Gasteiger partial charge in [-0.05, 0) is 30.3 Å². The molecule has 0 aliphatic heterocycles. The molecule has 0 radical (unpaired) electrons. The van der Waals surface area contributed by atoms with Crippen LogP contribution in [0.5, 0.6) is 17.4 Å². The summed E-state index contributed by atoms with van der Waals surface area (Å²) in [5.74, 6) is 1.58. The fourth-order valence-corrected chi connectivity index (χ4v) is 3.04. The summed E-state index contributed by atoms with van der Waals surface area (Å²) < 4.78 is 18.9. The molecule has 3 aromatic heterocycles. The zero-order valence-corrected chi connectivity index (χ0v) is 18.2. The summed E-state index contributed by atoms with van der Waals surface area (Å²) in [4.78, 5) is 23.5. The minimum atomic E-state index is -0.410. The maximum Gasteiger partial charge on any atom is 0.271 e. The lowest BCUT2D eigenvalue weighted by molar-refractivity contribution is 0.0939. The molecule has 4 aromatic rings. The van der Waals surface area contributed by atoms with E-state index in [1.54, 1.807) is 43.0 Å². The Morgan fingerprint density at radius 2 is 1.82 bits per heavy atom. The van der Waals surface area contributed by atoms with Crippen molar-refractivity contribution in [1.82, 2.24) is 34.9 Å². The second-order valence-electron chi connectivity index (χ2n) is 6.82. The number of amides is 1. The molecule has 0 atom stereocenters. The van der Waals surface area contributed by atoms with E-state index in [2.05, 4.69) is 25.7 Å². The SMILES string of the molecule is COc1ccc(-c2nnc3ccc(OCCNC(=O)c4ccc(=O)n(C)n4)nn23)cc1OC. The summed E-state index contributed by atoms with van der Waals surface area (Å²) >= 11 is 0. The lowest BCUT2D eigenvalue weighted by Crippen LogP contribution is -2.31. The summed E-state index contributed by atoms with van der Waals surface area (Å²) in [5.41, 5.74) is 1.13. The quantitative estimate of drug-likeness (QED) is 0.384. The van der Waals surface area contributed by atoms with E-state index in [0.29, 0.717) is 28.9 Å². The van der Waals surface area contributed by atoms with E-state index in [1.165, 1.54) is 19.2 Å². The third kappa shape index (κ3) is 4.59. The maximum absolute atomic E-state index is 12.2. The van der Waals surface area contributed by atoms with Crippen molar-refractivity contribution < 1.29 is 19.0 Å². The van der Waals surface area contributed by atoms with Crippen molar-refractivity contribution in [3.05, 3.63) is 58.5 Å². The van der Waals surface area contributed by atoms with Gasteiger partial charge in [0.2, 0.25) is 5.88 Å². The van der Waals surface area contributed by atoms with E-state index in [1.807, 2.05) is 6.07 Å². The van der Waals surface area contributed by atoms with Crippen LogP contribution in [-0.2, 0) is 7.05 Å². The second-order valence-corrected chi connectivity index (χ2v) is 6.82. The molecule has 0 unspecified atom stereocenters. The van der Waals surface area contributed by atoms with Crippen LogP contribution in [0.4, 0.5) is 0 Å². The van der Waals surface area contributed by atoms with Gasteiger partial charge in [0, 0.05) is 24.7 Å². The van der Waals surface area contributed by atoms with Gasteiger partial charge in [-0.15, -0.1) is 15.3 Å². The normalized spacial score (nSPS) is 10.8. The monoisotopic (exact) mass is 451 g/mol. The molecule has 0 saturated heterocycles. The fourth-order valence-electron chi connectivity index (χ4n) is 3.04. The summed E-state index contributed by atoms with van der Waals surface area (Å²) in [6.45, 7) is 0.387. The average Bonchev–Trinajstić information content (AvgIpc) is 3.26. The third-order valence-corrected chi connectivity index (χ3v) is 4.71. The summed E-state index contributed by atoms with van der Waals surface area (Å²) in [6.07, 6.45) is 0. The van der Waals surface area contributed by atoms with Gasteiger partial charge in [-0.25, -0.2) is 4.68 Å². The zero-order valence-electron chi connectivity index (χ0n) is 18.2. The number of nitrogens with zero attached hydrogens (tertiary/aromatic N) is 6. The first kappa shape index (κ1) is 21.7. The molecule has 0 spiro atoms. The van der Waals surface area contributed by atoms with Gasteiger partial charge >= 0.3 is 0 Å². The highest BCUT2D eigenvalue weighted by atomic mass is 16.5. The number of aryl methyl sites for hydroxylation is 1. The van der Waals surface area contributed by atoms with Gasteiger partial charge in [0.05, 0.1) is 20.8 Å². The van der Waals surface area contributed by atoms with Crippen LogP contribution in [-0.4, -0.2) is 62.9 Å². The number of nitrogens with one attached hydrogen (secondary N) is 1. The molecule has 1 amide bonds. The minimum Gasteiger partial charge on any atom is -0.493 e. The second kappa shape index (κ2) is 9.34. The number of carbonyl (C=O) groups excluding carboxylic acids is 1. The van der Waals surface area contributed by atoms with Crippen molar-refractivity contribution in [2.75, 3.05) is 27.4 Å². The van der Waals surface area contributed by atoms with E-state index in [0.717, 1.165) is 10.2 Å². The molecule has 170 valence electrons. The van der Waals surface area contributed by atoms with Crippen LogP contribution in [0.2, 0.25) is 0 Å². The number of hydrogen-bond acceptors (Lipinski definition) is 9. The zero-order chi connectivity index (χ0) is 23.4. The largest absolute Gasteiger partial charge is 0.493 e. The predicted octanol–water partition coefficient (Wildman–Crippen LogP) is 0.711. The van der Waals surface area contributed by atoms with E-state index < -0.39 is 5.91 Å². The Balaban J connectivity index is 1.44. The third-order valence-electron chi connectivity index (χ3n) is 4.71. The van der Waals surface area contributed by atoms with Crippen LogP contribution in [0.1, 0.15) is 10.5 Å². The molecule has 0 saturated carbocycles. The number of rotatable bonds is 8. The number of fused-ring (bicyclic) bond motifs is 1. The van der Waals surface area contributed by atoms with Gasteiger partial charge < -0.3 is 19.5 Å². The molecular weight excluding hydrogens is 430 g/mol. The molecule has 12 nitrogen and oxygen atoms in total. The number of aromatic nitrogens is 6. The fraction of sp³-hybridized carbons (Fsp3) is 0.238. The standard InChI is InChI=1S/C21H21N7O5/c1-27-19(29)9-5-14(25-27)21(30)22-10-11-33-18-8-7-17-23-24-20(28(17)26-18)13-4-6-15(31-2)16(12-13)32-3/h4-9,12H,10-11H2,1-3H3,(H,22,30). The summed E-state index contributed by atoms with van der Waals surface area (Å²) in [6, 6.07) is 11.4. The van der Waals surface area contributed by atoms with Crippen LogP contribution in [0, 0.1) is 0 Å². The molecule has 0 aliphatic carbocycles. The Kier molecular flexibility index (Phi) is 6.15. The number of ether oxygens (including phenoxy) is 3. The molecule has 4 rings (SSSR count).